The smallest absolute Gasteiger partial charge is 0.417 e. The van der Waals surface area contributed by atoms with Gasteiger partial charge < -0.3 is 15.4 Å². The van der Waals surface area contributed by atoms with Crippen LogP contribution in [0.2, 0.25) is 0 Å². The molecule has 4 nitrogen and oxygen atoms in total. The van der Waals surface area contributed by atoms with Crippen molar-refractivity contribution in [3.8, 4) is 5.75 Å². The summed E-state index contributed by atoms with van der Waals surface area (Å²) in [6.45, 7) is 1.21. The van der Waals surface area contributed by atoms with Crippen molar-refractivity contribution in [1.82, 2.24) is 4.90 Å². The van der Waals surface area contributed by atoms with Gasteiger partial charge in [-0.2, -0.15) is 13.2 Å². The summed E-state index contributed by atoms with van der Waals surface area (Å²) in [6, 6.07) is 3.28. The molecule has 0 heterocycles. The van der Waals surface area contributed by atoms with E-state index in [-0.39, 0.29) is 11.3 Å². The van der Waals surface area contributed by atoms with Crippen molar-refractivity contribution in [2.45, 2.75) is 12.6 Å². The first-order chi connectivity index (χ1) is 9.21. The average molecular weight is 289 g/mol. The van der Waals surface area contributed by atoms with E-state index in [4.69, 9.17) is 15.9 Å². The van der Waals surface area contributed by atoms with E-state index >= 15 is 0 Å². The van der Waals surface area contributed by atoms with E-state index in [1.165, 1.54) is 6.07 Å². The number of hydrogen-bond donors (Lipinski definition) is 2. The predicted molar refractivity (Wildman–Crippen MR) is 71.1 cm³/mol. The third-order valence-electron chi connectivity index (χ3n) is 2.60. The number of rotatable bonds is 6. The van der Waals surface area contributed by atoms with Crippen molar-refractivity contribution in [3.63, 3.8) is 0 Å². The molecule has 1 aromatic carbocycles. The Labute approximate surface area is 115 Å². The first kappa shape index (κ1) is 16.3. The normalized spacial score (nSPS) is 11.7. The Morgan fingerprint density at radius 1 is 1.35 bits per heavy atom. The summed E-state index contributed by atoms with van der Waals surface area (Å²) in [5.41, 5.74) is 3.91. The molecule has 0 aliphatic carbocycles. The Morgan fingerprint density at radius 3 is 2.50 bits per heavy atom. The number of hydrogen-bond acceptors (Lipinski definition) is 3. The minimum atomic E-state index is -4.54. The highest BCUT2D eigenvalue weighted by Crippen LogP contribution is 2.33. The molecular formula is C13H18F3N3O. The molecule has 1 aromatic rings. The summed E-state index contributed by atoms with van der Waals surface area (Å²) in [4.78, 5) is 1.98. The van der Waals surface area contributed by atoms with Crippen LogP contribution >= 0.6 is 0 Å². The van der Waals surface area contributed by atoms with Crippen LogP contribution in [-0.2, 0) is 6.18 Å². The SMILES string of the molecule is CN(C)CCCOc1ccc(C(F)(F)F)c(C(=N)N)c1. The fraction of sp³-hybridized carbons (Fsp3) is 0.462. The highest BCUT2D eigenvalue weighted by molar-refractivity contribution is 5.97. The highest BCUT2D eigenvalue weighted by Gasteiger charge is 2.34. The Kier molecular flexibility index (Phi) is 5.38. The van der Waals surface area contributed by atoms with Crippen LogP contribution in [-0.4, -0.2) is 38.0 Å². The van der Waals surface area contributed by atoms with Crippen LogP contribution in [0.1, 0.15) is 17.5 Å². The van der Waals surface area contributed by atoms with Gasteiger partial charge in [0.15, 0.2) is 0 Å². The molecule has 0 bridgehead atoms. The van der Waals surface area contributed by atoms with Crippen molar-refractivity contribution in [1.29, 1.82) is 5.41 Å². The monoisotopic (exact) mass is 289 g/mol. The van der Waals surface area contributed by atoms with Gasteiger partial charge in [0.05, 0.1) is 12.2 Å². The Morgan fingerprint density at radius 2 is 2.00 bits per heavy atom. The molecule has 3 N–H and O–H groups in total. The van der Waals surface area contributed by atoms with E-state index in [2.05, 4.69) is 0 Å². The van der Waals surface area contributed by atoms with Crippen LogP contribution in [0, 0.1) is 5.41 Å². The van der Waals surface area contributed by atoms with E-state index < -0.39 is 17.6 Å². The largest absolute Gasteiger partial charge is 0.494 e. The molecule has 20 heavy (non-hydrogen) atoms. The summed E-state index contributed by atoms with van der Waals surface area (Å²) < 4.78 is 43.6. The molecule has 112 valence electrons. The molecule has 1 rings (SSSR count). The standard InChI is InChI=1S/C13H18F3N3O/c1-19(2)6-3-7-20-9-4-5-11(13(14,15)16)10(8-9)12(17)18/h4-5,8H,3,6-7H2,1-2H3,(H3,17,18). The summed E-state index contributed by atoms with van der Waals surface area (Å²) >= 11 is 0. The van der Waals surface area contributed by atoms with E-state index in [0.717, 1.165) is 25.1 Å². The van der Waals surface area contributed by atoms with E-state index in [9.17, 15) is 13.2 Å². The Balaban J connectivity index is 2.81. The zero-order valence-electron chi connectivity index (χ0n) is 11.4. The zero-order chi connectivity index (χ0) is 15.3. The number of alkyl halides is 3. The molecule has 0 spiro atoms. The first-order valence-electron chi connectivity index (χ1n) is 6.05. The maximum absolute atomic E-state index is 12.7. The van der Waals surface area contributed by atoms with Crippen molar-refractivity contribution in [2.75, 3.05) is 27.2 Å². The number of nitrogen functional groups attached to an aromatic ring is 1. The molecule has 0 saturated heterocycles. The second kappa shape index (κ2) is 6.60. The maximum Gasteiger partial charge on any atom is 0.417 e. The van der Waals surface area contributed by atoms with Crippen LogP contribution in [0.25, 0.3) is 0 Å². The number of nitrogens with zero attached hydrogens (tertiary/aromatic N) is 1. The van der Waals surface area contributed by atoms with Crippen LogP contribution < -0.4 is 10.5 Å². The average Bonchev–Trinajstić information content (AvgIpc) is 2.33. The summed E-state index contributed by atoms with van der Waals surface area (Å²) in [5, 5.41) is 7.24. The quantitative estimate of drug-likeness (QED) is 0.480. The number of halogens is 3. The first-order valence-corrected chi connectivity index (χ1v) is 6.05. The minimum Gasteiger partial charge on any atom is -0.494 e. The fourth-order valence-corrected chi connectivity index (χ4v) is 1.65. The van der Waals surface area contributed by atoms with Crippen LogP contribution in [0.4, 0.5) is 13.2 Å². The third kappa shape index (κ3) is 4.73. The summed E-state index contributed by atoms with van der Waals surface area (Å²) in [7, 11) is 3.85. The van der Waals surface area contributed by atoms with Gasteiger partial charge in [0.1, 0.15) is 11.6 Å². The van der Waals surface area contributed by atoms with Gasteiger partial charge in [0, 0.05) is 12.1 Å². The zero-order valence-corrected chi connectivity index (χ0v) is 11.4. The van der Waals surface area contributed by atoms with E-state index in [0.29, 0.717) is 6.61 Å². The maximum atomic E-state index is 12.7. The number of ether oxygens (including phenoxy) is 1. The predicted octanol–water partition coefficient (Wildman–Crippen LogP) is 2.32. The van der Waals surface area contributed by atoms with Gasteiger partial charge in [-0.05, 0) is 38.7 Å². The lowest BCUT2D eigenvalue weighted by molar-refractivity contribution is -0.137. The fourth-order valence-electron chi connectivity index (χ4n) is 1.65. The van der Waals surface area contributed by atoms with Crippen LogP contribution in [0.5, 0.6) is 5.75 Å². The molecule has 0 radical (unpaired) electrons. The van der Waals surface area contributed by atoms with Crippen molar-refractivity contribution in [3.05, 3.63) is 29.3 Å². The second-order valence-corrected chi connectivity index (χ2v) is 4.62. The Hall–Kier alpha value is -1.76. The molecule has 0 aromatic heterocycles. The van der Waals surface area contributed by atoms with Gasteiger partial charge >= 0.3 is 6.18 Å². The molecule has 7 heteroatoms. The van der Waals surface area contributed by atoms with Crippen LogP contribution in [0.3, 0.4) is 0 Å². The third-order valence-corrected chi connectivity index (χ3v) is 2.60. The summed E-state index contributed by atoms with van der Waals surface area (Å²) in [5.74, 6) is -0.349. The molecule has 0 amide bonds. The van der Waals surface area contributed by atoms with Gasteiger partial charge in [-0.3, -0.25) is 5.41 Å². The van der Waals surface area contributed by atoms with E-state index in [1.807, 2.05) is 19.0 Å². The Bertz CT molecular complexity index is 472. The minimum absolute atomic E-state index is 0.280. The number of nitrogens with two attached hydrogens (primary N) is 1. The topological polar surface area (TPSA) is 62.3 Å². The number of benzene rings is 1. The van der Waals surface area contributed by atoms with Crippen LogP contribution in [0.15, 0.2) is 18.2 Å². The molecule has 0 saturated carbocycles. The van der Waals surface area contributed by atoms with Gasteiger partial charge in [0.25, 0.3) is 0 Å². The van der Waals surface area contributed by atoms with Crippen molar-refractivity contribution >= 4 is 5.84 Å². The molecule has 0 atom stereocenters. The number of amidine groups is 1. The highest BCUT2D eigenvalue weighted by atomic mass is 19.4. The van der Waals surface area contributed by atoms with Gasteiger partial charge in [-0.15, -0.1) is 0 Å². The lowest BCUT2D eigenvalue weighted by Gasteiger charge is -2.14. The molecule has 0 unspecified atom stereocenters. The lowest BCUT2D eigenvalue weighted by Crippen LogP contribution is -2.19. The van der Waals surface area contributed by atoms with Gasteiger partial charge in [-0.25, -0.2) is 0 Å². The lowest BCUT2D eigenvalue weighted by atomic mass is 10.1. The molecule has 0 fully saturated rings. The second-order valence-electron chi connectivity index (χ2n) is 4.62. The van der Waals surface area contributed by atoms with Crippen molar-refractivity contribution in [2.24, 2.45) is 5.73 Å². The molecular weight excluding hydrogens is 271 g/mol. The van der Waals surface area contributed by atoms with Gasteiger partial charge in [-0.1, -0.05) is 0 Å². The van der Waals surface area contributed by atoms with E-state index in [1.54, 1.807) is 0 Å². The van der Waals surface area contributed by atoms with Gasteiger partial charge in [0.2, 0.25) is 0 Å². The number of nitrogens with one attached hydrogen (secondary N) is 1. The summed E-state index contributed by atoms with van der Waals surface area (Å²) in [6.07, 6.45) is -3.78. The molecule has 0 aliphatic heterocycles. The van der Waals surface area contributed by atoms with Crippen molar-refractivity contribution < 1.29 is 17.9 Å². The molecule has 0 aliphatic rings.